The molecule has 7 nitrogen and oxygen atoms in total. The van der Waals surface area contributed by atoms with E-state index in [-0.39, 0.29) is 28.3 Å². The molecule has 0 aromatic heterocycles. The van der Waals surface area contributed by atoms with Gasteiger partial charge in [0.25, 0.3) is 15.9 Å². The number of fused-ring (bicyclic) bond motifs is 1. The molecule has 0 radical (unpaired) electrons. The van der Waals surface area contributed by atoms with E-state index < -0.39 is 34.1 Å². The van der Waals surface area contributed by atoms with Crippen LogP contribution in [0, 0.1) is 6.92 Å². The number of nitrogens with zero attached hydrogens (tertiary/aromatic N) is 1. The van der Waals surface area contributed by atoms with Crippen LogP contribution in [0.1, 0.15) is 31.9 Å². The summed E-state index contributed by atoms with van der Waals surface area (Å²) in [5.74, 6) is -0.887. The highest BCUT2D eigenvalue weighted by Gasteiger charge is 2.38. The Morgan fingerprint density at radius 1 is 1.00 bits per heavy atom. The van der Waals surface area contributed by atoms with Gasteiger partial charge in [0.15, 0.2) is 6.10 Å². The lowest BCUT2D eigenvalue weighted by molar-refractivity contribution is -0.274. The summed E-state index contributed by atoms with van der Waals surface area (Å²) in [5, 5.41) is 2.57. The van der Waals surface area contributed by atoms with Crippen LogP contribution in [-0.4, -0.2) is 33.3 Å². The molecule has 0 fully saturated rings. The number of benzene rings is 3. The number of anilines is 2. The molecule has 3 aromatic rings. The number of ether oxygens (including phenoxy) is 2. The van der Waals surface area contributed by atoms with Gasteiger partial charge in [0, 0.05) is 5.69 Å². The molecule has 1 heterocycles. The number of alkyl halides is 3. The van der Waals surface area contributed by atoms with Crippen molar-refractivity contribution >= 4 is 27.3 Å². The van der Waals surface area contributed by atoms with Crippen LogP contribution >= 0.6 is 0 Å². The van der Waals surface area contributed by atoms with Crippen LogP contribution in [-0.2, 0) is 20.2 Å². The van der Waals surface area contributed by atoms with Crippen molar-refractivity contribution in [3.8, 4) is 11.5 Å². The Balaban J connectivity index is 1.65. The molecule has 0 saturated heterocycles. The van der Waals surface area contributed by atoms with Gasteiger partial charge in [-0.3, -0.25) is 9.10 Å². The minimum Gasteiger partial charge on any atom is -0.476 e. The number of carbonyl (C=O) groups is 1. The molecule has 11 heteroatoms. The molecule has 1 amide bonds. The number of carbonyl (C=O) groups excluding carboxylic acids is 1. The van der Waals surface area contributed by atoms with E-state index in [0.717, 1.165) is 27.6 Å². The summed E-state index contributed by atoms with van der Waals surface area (Å²) in [6, 6.07) is 16.2. The summed E-state index contributed by atoms with van der Waals surface area (Å²) in [5.41, 5.74) is 2.01. The number of sulfonamides is 1. The van der Waals surface area contributed by atoms with E-state index in [1.807, 2.05) is 33.8 Å². The van der Waals surface area contributed by atoms with Crippen LogP contribution in [0.5, 0.6) is 11.5 Å². The van der Waals surface area contributed by atoms with Gasteiger partial charge < -0.3 is 14.8 Å². The van der Waals surface area contributed by atoms with E-state index in [0.29, 0.717) is 5.69 Å². The molecule has 0 saturated carbocycles. The van der Waals surface area contributed by atoms with Crippen molar-refractivity contribution in [3.05, 3.63) is 77.9 Å². The smallest absolute Gasteiger partial charge is 0.476 e. The number of amides is 1. The number of hydrogen-bond acceptors (Lipinski definition) is 5. The molecule has 1 aliphatic rings. The zero-order valence-corrected chi connectivity index (χ0v) is 22.0. The first-order valence-electron chi connectivity index (χ1n) is 11.7. The van der Waals surface area contributed by atoms with Crippen molar-refractivity contribution in [1.82, 2.24) is 0 Å². The zero-order valence-electron chi connectivity index (χ0n) is 21.2. The first-order valence-corrected chi connectivity index (χ1v) is 13.1. The summed E-state index contributed by atoms with van der Waals surface area (Å²) >= 11 is 0. The molecule has 4 rings (SSSR count). The lowest BCUT2D eigenvalue weighted by Crippen LogP contribution is -2.49. The maximum atomic E-state index is 13.7. The molecular formula is C27H27F3N2O5S. The van der Waals surface area contributed by atoms with Crippen molar-refractivity contribution in [2.75, 3.05) is 16.2 Å². The lowest BCUT2D eigenvalue weighted by atomic mass is 9.86. The van der Waals surface area contributed by atoms with Gasteiger partial charge >= 0.3 is 6.36 Å². The van der Waals surface area contributed by atoms with Gasteiger partial charge in [-0.25, -0.2) is 8.42 Å². The van der Waals surface area contributed by atoms with Crippen molar-refractivity contribution in [3.63, 3.8) is 0 Å². The Labute approximate surface area is 219 Å². The average molecular weight is 549 g/mol. The van der Waals surface area contributed by atoms with Crippen LogP contribution < -0.4 is 19.1 Å². The fourth-order valence-electron chi connectivity index (χ4n) is 3.88. The molecular weight excluding hydrogens is 521 g/mol. The summed E-state index contributed by atoms with van der Waals surface area (Å²) < 4.78 is 75.6. The molecule has 0 spiro atoms. The van der Waals surface area contributed by atoms with Crippen molar-refractivity contribution < 1.29 is 35.9 Å². The van der Waals surface area contributed by atoms with E-state index in [9.17, 15) is 26.4 Å². The summed E-state index contributed by atoms with van der Waals surface area (Å²) in [6.45, 7) is 7.53. The monoisotopic (exact) mass is 548 g/mol. The number of rotatable bonds is 5. The minimum absolute atomic E-state index is 0.0662. The van der Waals surface area contributed by atoms with E-state index in [2.05, 4.69) is 10.1 Å². The molecule has 3 aromatic carbocycles. The van der Waals surface area contributed by atoms with Crippen LogP contribution in [0.4, 0.5) is 24.5 Å². The van der Waals surface area contributed by atoms with Gasteiger partial charge in [0.05, 0.1) is 17.1 Å². The third-order valence-corrected chi connectivity index (χ3v) is 7.75. The predicted octanol–water partition coefficient (Wildman–Crippen LogP) is 5.79. The third kappa shape index (κ3) is 6.04. The molecule has 1 N–H and O–H groups in total. The highest BCUT2D eigenvalue weighted by atomic mass is 32.2. The topological polar surface area (TPSA) is 84.9 Å². The van der Waals surface area contributed by atoms with E-state index >= 15 is 0 Å². The third-order valence-electron chi connectivity index (χ3n) is 5.95. The second kappa shape index (κ2) is 9.86. The first-order chi connectivity index (χ1) is 17.6. The zero-order chi connectivity index (χ0) is 27.9. The number of hydrogen-bond donors (Lipinski definition) is 1. The first kappa shape index (κ1) is 27.3. The second-order valence-corrected chi connectivity index (χ2v) is 11.8. The van der Waals surface area contributed by atoms with E-state index in [1.165, 1.54) is 24.3 Å². The van der Waals surface area contributed by atoms with Gasteiger partial charge in [-0.15, -0.1) is 13.2 Å². The molecule has 202 valence electrons. The van der Waals surface area contributed by atoms with Gasteiger partial charge in [-0.05, 0) is 66.4 Å². The minimum atomic E-state index is -4.84. The maximum absolute atomic E-state index is 13.7. The number of halogens is 3. The Kier molecular flexibility index (Phi) is 7.09. The van der Waals surface area contributed by atoms with Gasteiger partial charge in [-0.1, -0.05) is 44.5 Å². The molecule has 1 atom stereocenters. The Morgan fingerprint density at radius 2 is 1.63 bits per heavy atom. The van der Waals surface area contributed by atoms with Gasteiger partial charge in [-0.2, -0.15) is 0 Å². The van der Waals surface area contributed by atoms with E-state index in [4.69, 9.17) is 4.74 Å². The summed E-state index contributed by atoms with van der Waals surface area (Å²) in [4.78, 5) is 13.2. The fourth-order valence-corrected chi connectivity index (χ4v) is 5.35. The van der Waals surface area contributed by atoms with Crippen LogP contribution in [0.15, 0.2) is 71.6 Å². The van der Waals surface area contributed by atoms with Crippen LogP contribution in [0.3, 0.4) is 0 Å². The van der Waals surface area contributed by atoms with Gasteiger partial charge in [0.2, 0.25) is 0 Å². The molecule has 0 aliphatic carbocycles. The second-order valence-electron chi connectivity index (χ2n) is 9.95. The quantitative estimate of drug-likeness (QED) is 0.437. The highest BCUT2D eigenvalue weighted by Crippen LogP contribution is 2.40. The van der Waals surface area contributed by atoms with Crippen molar-refractivity contribution in [1.29, 1.82) is 0 Å². The Bertz CT molecular complexity index is 1430. The van der Waals surface area contributed by atoms with Crippen molar-refractivity contribution in [2.45, 2.75) is 50.5 Å². The van der Waals surface area contributed by atoms with E-state index in [1.54, 1.807) is 24.3 Å². The summed E-state index contributed by atoms with van der Waals surface area (Å²) in [6.07, 6.45) is -6.07. The molecule has 38 heavy (non-hydrogen) atoms. The number of nitrogens with one attached hydrogen (secondary N) is 1. The average Bonchev–Trinajstić information content (AvgIpc) is 2.83. The summed E-state index contributed by atoms with van der Waals surface area (Å²) in [7, 11) is -4.07. The molecule has 1 aliphatic heterocycles. The van der Waals surface area contributed by atoms with Crippen LogP contribution in [0.2, 0.25) is 0 Å². The molecule has 0 unspecified atom stereocenters. The normalized spacial score (nSPS) is 15.9. The molecule has 0 bridgehead atoms. The lowest BCUT2D eigenvalue weighted by Gasteiger charge is -2.36. The Hall–Kier alpha value is -3.73. The van der Waals surface area contributed by atoms with Gasteiger partial charge in [0.1, 0.15) is 11.5 Å². The number of aryl methyl sites for hydroxylation is 1. The predicted molar refractivity (Wildman–Crippen MR) is 137 cm³/mol. The fraction of sp³-hybridized carbons (Fsp3) is 0.296. The highest BCUT2D eigenvalue weighted by molar-refractivity contribution is 7.92. The SMILES string of the molecule is Cc1ccc(S(=O)(=O)N2C[C@H](C(=O)Nc3ccc(OC(F)(F)F)cc3)Oc3ccc(C(C)(C)C)cc32)cc1. The Morgan fingerprint density at radius 3 is 2.21 bits per heavy atom. The largest absolute Gasteiger partial charge is 0.573 e. The standard InChI is InChI=1S/C27H27F3N2O5S/c1-17-5-12-21(13-6-17)38(34,35)32-16-24(36-23-14-7-18(15-22(23)32)26(2,3)4)25(33)31-19-8-10-20(11-9-19)37-27(28,29)30/h5-15,24H,16H2,1-4H3,(H,31,33)/t24-/m1/s1. The van der Waals surface area contributed by atoms with Crippen molar-refractivity contribution in [2.24, 2.45) is 0 Å². The van der Waals surface area contributed by atoms with Crippen LogP contribution in [0.25, 0.3) is 0 Å². The maximum Gasteiger partial charge on any atom is 0.573 e.